The SMILES string of the molecule is CNC(=O)c1ccc(Nc2cccc3c2CCNC3)nn1. The van der Waals surface area contributed by atoms with Gasteiger partial charge in [0.2, 0.25) is 0 Å². The summed E-state index contributed by atoms with van der Waals surface area (Å²) in [5, 5.41) is 17.1. The summed E-state index contributed by atoms with van der Waals surface area (Å²) in [6.07, 6.45) is 0.988. The number of carbonyl (C=O) groups is 1. The Hall–Kier alpha value is -2.47. The van der Waals surface area contributed by atoms with Gasteiger partial charge in [-0.1, -0.05) is 12.1 Å². The van der Waals surface area contributed by atoms with Crippen LogP contribution in [-0.4, -0.2) is 29.7 Å². The lowest BCUT2D eigenvalue weighted by Crippen LogP contribution is -2.24. The molecule has 21 heavy (non-hydrogen) atoms. The fourth-order valence-electron chi connectivity index (χ4n) is 2.44. The summed E-state index contributed by atoms with van der Waals surface area (Å²) in [7, 11) is 1.57. The van der Waals surface area contributed by atoms with Crippen molar-refractivity contribution >= 4 is 17.4 Å². The lowest BCUT2D eigenvalue weighted by molar-refractivity contribution is 0.0957. The number of amides is 1. The third kappa shape index (κ3) is 2.85. The van der Waals surface area contributed by atoms with Crippen molar-refractivity contribution in [3.8, 4) is 0 Å². The Labute approximate surface area is 123 Å². The van der Waals surface area contributed by atoms with E-state index in [1.165, 1.54) is 11.1 Å². The van der Waals surface area contributed by atoms with Crippen molar-refractivity contribution < 1.29 is 4.79 Å². The van der Waals surface area contributed by atoms with Crippen LogP contribution in [-0.2, 0) is 13.0 Å². The zero-order valence-electron chi connectivity index (χ0n) is 11.8. The van der Waals surface area contributed by atoms with Crippen molar-refractivity contribution in [1.82, 2.24) is 20.8 Å². The highest BCUT2D eigenvalue weighted by Crippen LogP contribution is 2.25. The predicted octanol–water partition coefficient (Wildman–Crippen LogP) is 1.23. The maximum absolute atomic E-state index is 11.4. The summed E-state index contributed by atoms with van der Waals surface area (Å²) >= 11 is 0. The monoisotopic (exact) mass is 283 g/mol. The molecule has 3 rings (SSSR count). The largest absolute Gasteiger partial charge is 0.354 e. The van der Waals surface area contributed by atoms with Gasteiger partial charge >= 0.3 is 0 Å². The highest BCUT2D eigenvalue weighted by Gasteiger charge is 2.13. The van der Waals surface area contributed by atoms with Gasteiger partial charge in [0, 0.05) is 19.3 Å². The molecule has 2 aromatic rings. The molecule has 1 aromatic carbocycles. The van der Waals surface area contributed by atoms with Gasteiger partial charge in [0.1, 0.15) is 0 Å². The molecule has 0 fully saturated rings. The van der Waals surface area contributed by atoms with Crippen molar-refractivity contribution in [3.63, 3.8) is 0 Å². The lowest BCUT2D eigenvalue weighted by atomic mass is 9.99. The minimum atomic E-state index is -0.239. The van der Waals surface area contributed by atoms with Crippen LogP contribution in [0.4, 0.5) is 11.5 Å². The molecule has 1 aliphatic heterocycles. The zero-order chi connectivity index (χ0) is 14.7. The van der Waals surface area contributed by atoms with Gasteiger partial charge in [-0.25, -0.2) is 0 Å². The zero-order valence-corrected chi connectivity index (χ0v) is 11.8. The summed E-state index contributed by atoms with van der Waals surface area (Å²) in [5.74, 6) is 0.395. The first-order valence-corrected chi connectivity index (χ1v) is 6.92. The van der Waals surface area contributed by atoms with Gasteiger partial charge in [-0.2, -0.15) is 0 Å². The second-order valence-corrected chi connectivity index (χ2v) is 4.88. The van der Waals surface area contributed by atoms with Crippen LogP contribution in [0.1, 0.15) is 21.6 Å². The second-order valence-electron chi connectivity index (χ2n) is 4.88. The second kappa shape index (κ2) is 5.88. The molecule has 1 aromatic heterocycles. The van der Waals surface area contributed by atoms with E-state index in [9.17, 15) is 4.79 Å². The molecular formula is C15H17N5O. The predicted molar refractivity (Wildman–Crippen MR) is 80.6 cm³/mol. The van der Waals surface area contributed by atoms with E-state index in [1.807, 2.05) is 12.1 Å². The van der Waals surface area contributed by atoms with Crippen LogP contribution in [0.3, 0.4) is 0 Å². The standard InChI is InChI=1S/C15H17N5O/c1-16-15(21)13-5-6-14(20-19-13)18-12-4-2-3-10-9-17-8-7-11(10)12/h2-6,17H,7-9H2,1H3,(H,16,21)(H,18,20). The van der Waals surface area contributed by atoms with E-state index in [4.69, 9.17) is 0 Å². The van der Waals surface area contributed by atoms with Crippen molar-refractivity contribution in [2.24, 2.45) is 0 Å². The normalized spacial score (nSPS) is 13.4. The quantitative estimate of drug-likeness (QED) is 0.789. The highest BCUT2D eigenvalue weighted by atomic mass is 16.1. The number of rotatable bonds is 3. The van der Waals surface area contributed by atoms with Gasteiger partial charge < -0.3 is 16.0 Å². The van der Waals surface area contributed by atoms with Gasteiger partial charge in [0.05, 0.1) is 0 Å². The van der Waals surface area contributed by atoms with E-state index in [2.05, 4.69) is 32.2 Å². The number of nitrogens with one attached hydrogen (secondary N) is 3. The third-order valence-corrected chi connectivity index (χ3v) is 3.53. The van der Waals surface area contributed by atoms with Gasteiger partial charge in [0.15, 0.2) is 11.5 Å². The van der Waals surface area contributed by atoms with E-state index < -0.39 is 0 Å². The van der Waals surface area contributed by atoms with Crippen molar-refractivity contribution in [2.75, 3.05) is 18.9 Å². The fourth-order valence-corrected chi connectivity index (χ4v) is 2.44. The number of nitrogens with zero attached hydrogens (tertiary/aromatic N) is 2. The van der Waals surface area contributed by atoms with Crippen LogP contribution in [0.5, 0.6) is 0 Å². The van der Waals surface area contributed by atoms with Crippen LogP contribution in [0.15, 0.2) is 30.3 Å². The van der Waals surface area contributed by atoms with E-state index in [0.29, 0.717) is 11.5 Å². The summed E-state index contributed by atoms with van der Waals surface area (Å²) in [4.78, 5) is 11.4. The Morgan fingerprint density at radius 3 is 2.90 bits per heavy atom. The summed E-state index contributed by atoms with van der Waals surface area (Å²) in [5.41, 5.74) is 3.98. The molecule has 2 heterocycles. The smallest absolute Gasteiger partial charge is 0.271 e. The highest BCUT2D eigenvalue weighted by molar-refractivity contribution is 5.91. The average Bonchev–Trinajstić information content (AvgIpc) is 2.55. The number of anilines is 2. The van der Waals surface area contributed by atoms with Crippen LogP contribution in [0, 0.1) is 0 Å². The Morgan fingerprint density at radius 1 is 1.24 bits per heavy atom. The Kier molecular flexibility index (Phi) is 3.79. The first-order valence-electron chi connectivity index (χ1n) is 6.92. The van der Waals surface area contributed by atoms with Gasteiger partial charge in [0.25, 0.3) is 5.91 Å². The lowest BCUT2D eigenvalue weighted by Gasteiger charge is -2.20. The molecule has 108 valence electrons. The molecular weight excluding hydrogens is 266 g/mol. The summed E-state index contributed by atoms with van der Waals surface area (Å²) in [6.45, 7) is 1.87. The van der Waals surface area contributed by atoms with Crippen molar-refractivity contribution in [3.05, 3.63) is 47.2 Å². The van der Waals surface area contributed by atoms with Crippen LogP contribution in [0.2, 0.25) is 0 Å². The topological polar surface area (TPSA) is 78.9 Å². The molecule has 0 atom stereocenters. The average molecular weight is 283 g/mol. The summed E-state index contributed by atoms with van der Waals surface area (Å²) < 4.78 is 0. The number of hydrogen-bond donors (Lipinski definition) is 3. The molecule has 6 heteroatoms. The number of carbonyl (C=O) groups excluding carboxylic acids is 1. The van der Waals surface area contributed by atoms with Crippen molar-refractivity contribution in [2.45, 2.75) is 13.0 Å². The maximum atomic E-state index is 11.4. The first-order chi connectivity index (χ1) is 10.3. The number of benzene rings is 1. The van der Waals surface area contributed by atoms with Crippen molar-refractivity contribution in [1.29, 1.82) is 0 Å². The summed E-state index contributed by atoms with van der Waals surface area (Å²) in [6, 6.07) is 9.62. The van der Waals surface area contributed by atoms with Crippen LogP contribution < -0.4 is 16.0 Å². The molecule has 1 amide bonds. The molecule has 6 nitrogen and oxygen atoms in total. The molecule has 0 spiro atoms. The molecule has 0 bridgehead atoms. The van der Waals surface area contributed by atoms with E-state index >= 15 is 0 Å². The van der Waals surface area contributed by atoms with E-state index in [-0.39, 0.29) is 5.91 Å². The maximum Gasteiger partial charge on any atom is 0.271 e. The molecule has 0 unspecified atom stereocenters. The number of aromatic nitrogens is 2. The van der Waals surface area contributed by atoms with E-state index in [1.54, 1.807) is 19.2 Å². The molecule has 0 aliphatic carbocycles. The molecule has 0 radical (unpaired) electrons. The van der Waals surface area contributed by atoms with Crippen LogP contribution >= 0.6 is 0 Å². The molecule has 3 N–H and O–H groups in total. The number of fused-ring (bicyclic) bond motifs is 1. The Balaban J connectivity index is 1.82. The third-order valence-electron chi connectivity index (χ3n) is 3.53. The van der Waals surface area contributed by atoms with Crippen LogP contribution in [0.25, 0.3) is 0 Å². The van der Waals surface area contributed by atoms with Gasteiger partial charge in [-0.05, 0) is 42.3 Å². The Bertz CT molecular complexity index is 654. The first kappa shape index (κ1) is 13.5. The number of hydrogen-bond acceptors (Lipinski definition) is 5. The van der Waals surface area contributed by atoms with E-state index in [0.717, 1.165) is 25.2 Å². The molecule has 0 saturated heterocycles. The van der Waals surface area contributed by atoms with Gasteiger partial charge in [-0.15, -0.1) is 10.2 Å². The minimum absolute atomic E-state index is 0.239. The Morgan fingerprint density at radius 2 is 2.14 bits per heavy atom. The fraction of sp³-hybridized carbons (Fsp3) is 0.267. The van der Waals surface area contributed by atoms with Gasteiger partial charge in [-0.3, -0.25) is 4.79 Å². The molecule has 1 aliphatic rings. The molecule has 0 saturated carbocycles. The minimum Gasteiger partial charge on any atom is -0.354 e.